The fourth-order valence-corrected chi connectivity index (χ4v) is 2.07. The van der Waals surface area contributed by atoms with Crippen molar-refractivity contribution in [1.29, 1.82) is 0 Å². The molecule has 6 heteroatoms. The van der Waals surface area contributed by atoms with Crippen molar-refractivity contribution >= 4 is 5.91 Å². The monoisotopic (exact) mass is 317 g/mol. The van der Waals surface area contributed by atoms with Gasteiger partial charge in [-0.15, -0.1) is 0 Å². The van der Waals surface area contributed by atoms with E-state index in [1.165, 1.54) is 0 Å². The van der Waals surface area contributed by atoms with Crippen molar-refractivity contribution in [1.82, 2.24) is 15.1 Å². The first-order valence-electron chi connectivity index (χ1n) is 7.76. The Hall–Kier alpha value is -2.34. The Balaban J connectivity index is 2.26. The Kier molecular flexibility index (Phi) is 5.76. The van der Waals surface area contributed by atoms with Crippen LogP contribution in [0.5, 0.6) is 5.75 Å². The van der Waals surface area contributed by atoms with Crippen LogP contribution in [0.2, 0.25) is 0 Å². The topological polar surface area (TPSA) is 76.4 Å². The predicted octanol–water partition coefficient (Wildman–Crippen LogP) is 2.02. The fraction of sp³-hybridized carbons (Fsp3) is 0.412. The summed E-state index contributed by atoms with van der Waals surface area (Å²) in [6.07, 6.45) is 1.70. The number of benzene rings is 1. The van der Waals surface area contributed by atoms with Crippen LogP contribution in [0.3, 0.4) is 0 Å². The number of rotatable bonds is 7. The highest BCUT2D eigenvalue weighted by molar-refractivity contribution is 5.95. The van der Waals surface area contributed by atoms with E-state index < -0.39 is 0 Å². The third kappa shape index (κ3) is 4.10. The Morgan fingerprint density at radius 1 is 1.35 bits per heavy atom. The van der Waals surface area contributed by atoms with Gasteiger partial charge in [0, 0.05) is 12.6 Å². The van der Waals surface area contributed by atoms with Gasteiger partial charge in [0.15, 0.2) is 11.4 Å². The molecule has 2 aromatic rings. The average molecular weight is 317 g/mol. The molecule has 1 aromatic carbocycles. The molecule has 0 bridgehead atoms. The van der Waals surface area contributed by atoms with E-state index in [-0.39, 0.29) is 30.2 Å². The van der Waals surface area contributed by atoms with Crippen LogP contribution in [0.1, 0.15) is 31.3 Å². The summed E-state index contributed by atoms with van der Waals surface area (Å²) in [6, 6.07) is 9.37. The standard InChI is InChI=1S/C17H23N3O3/c1-4-23-15-10-20(14-8-6-5-7-9-14)19-16(15)17(22)18-13(3)12(2)11-21/h5-10,12-13,21H,4,11H2,1-3H3,(H,18,22). The summed E-state index contributed by atoms with van der Waals surface area (Å²) in [6.45, 7) is 6.05. The quantitative estimate of drug-likeness (QED) is 0.819. The van der Waals surface area contributed by atoms with Crippen molar-refractivity contribution in [2.75, 3.05) is 13.2 Å². The number of aliphatic hydroxyl groups excluding tert-OH is 1. The number of hydrogen-bond acceptors (Lipinski definition) is 4. The van der Waals surface area contributed by atoms with E-state index in [0.29, 0.717) is 12.4 Å². The number of para-hydroxylation sites is 1. The van der Waals surface area contributed by atoms with Gasteiger partial charge in [-0.1, -0.05) is 25.1 Å². The molecule has 0 aliphatic carbocycles. The number of carbonyl (C=O) groups is 1. The SMILES string of the molecule is CCOc1cn(-c2ccccc2)nc1C(=O)NC(C)C(C)CO. The van der Waals surface area contributed by atoms with Gasteiger partial charge in [-0.05, 0) is 31.9 Å². The lowest BCUT2D eigenvalue weighted by atomic mass is 10.1. The van der Waals surface area contributed by atoms with Gasteiger partial charge in [-0.2, -0.15) is 5.10 Å². The first kappa shape index (κ1) is 17.0. The predicted molar refractivity (Wildman–Crippen MR) is 87.9 cm³/mol. The molecule has 0 aliphatic rings. The summed E-state index contributed by atoms with van der Waals surface area (Å²) < 4.78 is 7.16. The first-order valence-corrected chi connectivity index (χ1v) is 7.76. The number of nitrogens with zero attached hydrogens (tertiary/aromatic N) is 2. The maximum Gasteiger partial charge on any atom is 0.275 e. The lowest BCUT2D eigenvalue weighted by Crippen LogP contribution is -2.38. The van der Waals surface area contributed by atoms with E-state index in [9.17, 15) is 9.90 Å². The Labute approximate surface area is 136 Å². The summed E-state index contributed by atoms with van der Waals surface area (Å²) >= 11 is 0. The van der Waals surface area contributed by atoms with Crippen LogP contribution in [0.25, 0.3) is 5.69 Å². The van der Waals surface area contributed by atoms with E-state index in [1.807, 2.05) is 51.1 Å². The summed E-state index contributed by atoms with van der Waals surface area (Å²) in [4.78, 5) is 12.5. The van der Waals surface area contributed by atoms with Crippen LogP contribution in [-0.2, 0) is 0 Å². The second-order valence-corrected chi connectivity index (χ2v) is 5.48. The zero-order chi connectivity index (χ0) is 16.8. The molecular formula is C17H23N3O3. The van der Waals surface area contributed by atoms with Crippen LogP contribution in [0.15, 0.2) is 36.5 Å². The van der Waals surface area contributed by atoms with Gasteiger partial charge in [0.05, 0.1) is 18.5 Å². The Morgan fingerprint density at radius 2 is 2.04 bits per heavy atom. The molecule has 0 aliphatic heterocycles. The van der Waals surface area contributed by atoms with Crippen LogP contribution in [0.4, 0.5) is 0 Å². The molecule has 6 nitrogen and oxygen atoms in total. The molecule has 0 spiro atoms. The number of aromatic nitrogens is 2. The van der Waals surface area contributed by atoms with Crippen LogP contribution >= 0.6 is 0 Å². The van der Waals surface area contributed by atoms with Crippen LogP contribution < -0.4 is 10.1 Å². The van der Waals surface area contributed by atoms with Gasteiger partial charge in [0.25, 0.3) is 5.91 Å². The van der Waals surface area contributed by atoms with Gasteiger partial charge in [-0.3, -0.25) is 4.79 Å². The zero-order valence-electron chi connectivity index (χ0n) is 13.7. The minimum atomic E-state index is -0.309. The highest BCUT2D eigenvalue weighted by atomic mass is 16.5. The lowest BCUT2D eigenvalue weighted by molar-refractivity contribution is 0.0907. The lowest BCUT2D eigenvalue weighted by Gasteiger charge is -2.18. The maximum atomic E-state index is 12.5. The van der Waals surface area contributed by atoms with Crippen molar-refractivity contribution in [2.45, 2.75) is 26.8 Å². The number of amides is 1. The van der Waals surface area contributed by atoms with E-state index in [0.717, 1.165) is 5.69 Å². The van der Waals surface area contributed by atoms with Crippen molar-refractivity contribution in [3.63, 3.8) is 0 Å². The normalized spacial score (nSPS) is 13.4. The molecule has 2 rings (SSSR count). The molecule has 0 saturated carbocycles. The zero-order valence-corrected chi connectivity index (χ0v) is 13.7. The number of ether oxygens (including phenoxy) is 1. The average Bonchev–Trinajstić information content (AvgIpc) is 2.99. The fourth-order valence-electron chi connectivity index (χ4n) is 2.07. The maximum absolute atomic E-state index is 12.5. The first-order chi connectivity index (χ1) is 11.1. The molecule has 1 heterocycles. The third-order valence-electron chi connectivity index (χ3n) is 3.72. The summed E-state index contributed by atoms with van der Waals surface area (Å²) in [5, 5.41) is 16.4. The Morgan fingerprint density at radius 3 is 2.65 bits per heavy atom. The van der Waals surface area contributed by atoms with Crippen molar-refractivity contribution < 1.29 is 14.6 Å². The third-order valence-corrected chi connectivity index (χ3v) is 3.72. The van der Waals surface area contributed by atoms with Crippen molar-refractivity contribution in [2.24, 2.45) is 5.92 Å². The number of aliphatic hydroxyl groups is 1. The molecular weight excluding hydrogens is 294 g/mol. The Bertz CT molecular complexity index is 640. The molecule has 0 radical (unpaired) electrons. The molecule has 2 unspecified atom stereocenters. The number of carbonyl (C=O) groups excluding carboxylic acids is 1. The minimum absolute atomic E-state index is 0.0121. The number of nitrogens with one attached hydrogen (secondary N) is 1. The molecule has 1 aromatic heterocycles. The molecule has 0 fully saturated rings. The van der Waals surface area contributed by atoms with E-state index in [4.69, 9.17) is 4.74 Å². The van der Waals surface area contributed by atoms with Gasteiger partial charge in [0.2, 0.25) is 0 Å². The highest BCUT2D eigenvalue weighted by Crippen LogP contribution is 2.20. The van der Waals surface area contributed by atoms with Crippen LogP contribution in [-0.4, -0.2) is 40.0 Å². The largest absolute Gasteiger partial charge is 0.490 e. The van der Waals surface area contributed by atoms with Gasteiger partial charge in [0.1, 0.15) is 0 Å². The summed E-state index contributed by atoms with van der Waals surface area (Å²) in [7, 11) is 0. The van der Waals surface area contributed by atoms with Gasteiger partial charge >= 0.3 is 0 Å². The van der Waals surface area contributed by atoms with Crippen LogP contribution in [0, 0.1) is 5.92 Å². The van der Waals surface area contributed by atoms with E-state index in [1.54, 1.807) is 10.9 Å². The van der Waals surface area contributed by atoms with Gasteiger partial charge in [-0.25, -0.2) is 4.68 Å². The second-order valence-electron chi connectivity index (χ2n) is 5.48. The molecule has 2 atom stereocenters. The molecule has 124 valence electrons. The number of hydrogen-bond donors (Lipinski definition) is 2. The summed E-state index contributed by atoms with van der Waals surface area (Å²) in [5.41, 5.74) is 1.09. The van der Waals surface area contributed by atoms with E-state index >= 15 is 0 Å². The minimum Gasteiger partial charge on any atom is -0.490 e. The van der Waals surface area contributed by atoms with Gasteiger partial charge < -0.3 is 15.2 Å². The second kappa shape index (κ2) is 7.78. The molecule has 0 saturated heterocycles. The van der Waals surface area contributed by atoms with E-state index in [2.05, 4.69) is 10.4 Å². The van der Waals surface area contributed by atoms with Crippen molar-refractivity contribution in [3.05, 3.63) is 42.2 Å². The summed E-state index contributed by atoms with van der Waals surface area (Å²) in [5.74, 6) is 0.0966. The molecule has 23 heavy (non-hydrogen) atoms. The molecule has 1 amide bonds. The molecule has 2 N–H and O–H groups in total. The van der Waals surface area contributed by atoms with Crippen molar-refractivity contribution in [3.8, 4) is 11.4 Å². The smallest absolute Gasteiger partial charge is 0.275 e. The highest BCUT2D eigenvalue weighted by Gasteiger charge is 2.22.